The van der Waals surface area contributed by atoms with Crippen molar-refractivity contribution in [3.8, 4) is 5.69 Å². The Bertz CT molecular complexity index is 1030. The Labute approximate surface area is 163 Å². The molecule has 0 aliphatic carbocycles. The van der Waals surface area contributed by atoms with Crippen molar-refractivity contribution >= 4 is 29.0 Å². The molecule has 11 heteroatoms. The minimum atomic E-state index is -0.760. The van der Waals surface area contributed by atoms with Gasteiger partial charge >= 0.3 is 0 Å². The third kappa shape index (κ3) is 4.14. The second kappa shape index (κ2) is 8.13. The van der Waals surface area contributed by atoms with E-state index >= 15 is 0 Å². The Morgan fingerprint density at radius 2 is 2.00 bits per heavy atom. The van der Waals surface area contributed by atoms with E-state index < -0.39 is 16.6 Å². The number of nitro benzene ring substituents is 1. The van der Waals surface area contributed by atoms with Gasteiger partial charge in [0, 0.05) is 12.1 Å². The molecule has 0 spiro atoms. The summed E-state index contributed by atoms with van der Waals surface area (Å²) in [6, 6.07) is 8.71. The Balaban J connectivity index is 1.73. The summed E-state index contributed by atoms with van der Waals surface area (Å²) < 4.78 is 15.3. The highest BCUT2D eigenvalue weighted by Crippen LogP contribution is 2.24. The number of amides is 1. The number of nitrogens with zero attached hydrogens (tertiary/aromatic N) is 5. The Morgan fingerprint density at radius 3 is 2.68 bits per heavy atom. The predicted molar refractivity (Wildman–Crippen MR) is 101 cm³/mol. The average Bonchev–Trinajstić information content (AvgIpc) is 3.09. The molecule has 9 nitrogen and oxygen atoms in total. The number of halogens is 1. The topological polar surface area (TPSA) is 116 Å². The monoisotopic (exact) mass is 402 g/mol. The lowest BCUT2D eigenvalue weighted by Gasteiger charge is -2.10. The molecule has 0 aliphatic heterocycles. The zero-order valence-electron chi connectivity index (χ0n) is 14.9. The number of hydrogen-bond donors (Lipinski definition) is 1. The van der Waals surface area contributed by atoms with Crippen molar-refractivity contribution in [2.45, 2.75) is 19.0 Å². The maximum Gasteiger partial charge on any atom is 0.271 e. The van der Waals surface area contributed by atoms with Crippen molar-refractivity contribution in [3.63, 3.8) is 0 Å². The number of anilines is 1. The second-order valence-corrected chi connectivity index (χ2v) is 6.81. The lowest BCUT2D eigenvalue weighted by Crippen LogP contribution is -2.16. The van der Waals surface area contributed by atoms with Crippen molar-refractivity contribution in [1.29, 1.82) is 0 Å². The molecule has 0 bridgehead atoms. The lowest BCUT2D eigenvalue weighted by atomic mass is 10.1. The number of nitrogens with one attached hydrogen (secondary N) is 1. The summed E-state index contributed by atoms with van der Waals surface area (Å²) in [5.74, 6) is -1.40. The van der Waals surface area contributed by atoms with E-state index in [1.807, 2.05) is 32.0 Å². The van der Waals surface area contributed by atoms with Crippen molar-refractivity contribution in [2.24, 2.45) is 0 Å². The maximum absolute atomic E-state index is 13.8. The molecule has 1 N–H and O–H groups in total. The van der Waals surface area contributed by atoms with E-state index in [0.717, 1.165) is 46.8 Å². The van der Waals surface area contributed by atoms with Crippen LogP contribution in [0.15, 0.2) is 41.6 Å². The Hall–Kier alpha value is -3.34. The number of benzene rings is 2. The van der Waals surface area contributed by atoms with Crippen LogP contribution in [0.25, 0.3) is 5.69 Å². The van der Waals surface area contributed by atoms with Gasteiger partial charge in [-0.15, -0.1) is 5.10 Å². The molecule has 0 unspecified atom stereocenters. The summed E-state index contributed by atoms with van der Waals surface area (Å²) in [6.07, 6.45) is 0. The van der Waals surface area contributed by atoms with E-state index in [2.05, 4.69) is 20.8 Å². The largest absolute Gasteiger partial charge is 0.323 e. The quantitative estimate of drug-likeness (QED) is 0.383. The summed E-state index contributed by atoms with van der Waals surface area (Å²) in [7, 11) is 0. The highest BCUT2D eigenvalue weighted by atomic mass is 32.2. The number of non-ortho nitro benzene ring substituents is 1. The van der Waals surface area contributed by atoms with Gasteiger partial charge in [0.2, 0.25) is 11.1 Å². The van der Waals surface area contributed by atoms with Crippen LogP contribution in [0, 0.1) is 29.8 Å². The second-order valence-electron chi connectivity index (χ2n) is 5.87. The molecule has 3 rings (SSSR count). The van der Waals surface area contributed by atoms with Crippen LogP contribution in [0.1, 0.15) is 11.1 Å². The van der Waals surface area contributed by atoms with Crippen molar-refractivity contribution < 1.29 is 14.1 Å². The van der Waals surface area contributed by atoms with E-state index in [0.29, 0.717) is 5.16 Å². The van der Waals surface area contributed by atoms with Gasteiger partial charge in [-0.2, -0.15) is 4.68 Å². The van der Waals surface area contributed by atoms with Gasteiger partial charge in [0.15, 0.2) is 0 Å². The smallest absolute Gasteiger partial charge is 0.271 e. The Kier molecular flexibility index (Phi) is 5.64. The fourth-order valence-corrected chi connectivity index (χ4v) is 3.26. The van der Waals surface area contributed by atoms with Gasteiger partial charge in [0.25, 0.3) is 5.69 Å². The fourth-order valence-electron chi connectivity index (χ4n) is 2.59. The minimum absolute atomic E-state index is 0.104. The van der Waals surface area contributed by atoms with E-state index in [9.17, 15) is 19.3 Å². The molecule has 0 saturated carbocycles. The fraction of sp³-hybridized carbons (Fsp3) is 0.176. The minimum Gasteiger partial charge on any atom is -0.323 e. The number of para-hydroxylation sites is 1. The molecule has 3 aromatic rings. The molecule has 1 amide bonds. The summed E-state index contributed by atoms with van der Waals surface area (Å²) in [6.45, 7) is 3.85. The summed E-state index contributed by atoms with van der Waals surface area (Å²) >= 11 is 1.07. The van der Waals surface area contributed by atoms with Crippen molar-refractivity contribution in [3.05, 3.63) is 63.5 Å². The van der Waals surface area contributed by atoms with Crippen LogP contribution in [-0.2, 0) is 4.79 Å². The number of thioether (sulfide) groups is 1. The molecule has 28 heavy (non-hydrogen) atoms. The van der Waals surface area contributed by atoms with Crippen LogP contribution in [0.5, 0.6) is 0 Å². The van der Waals surface area contributed by atoms with Crippen molar-refractivity contribution in [1.82, 2.24) is 20.2 Å². The SMILES string of the molecule is Cc1cccc(C)c1-n1nnnc1SCC(=O)Nc1cc([N+](=O)[O-])ccc1F. The third-order valence-corrected chi connectivity index (χ3v) is 4.78. The van der Waals surface area contributed by atoms with Gasteiger partial charge in [0.05, 0.1) is 22.1 Å². The normalized spacial score (nSPS) is 10.7. The number of aromatic nitrogens is 4. The molecule has 1 heterocycles. The first-order chi connectivity index (χ1) is 13.4. The van der Waals surface area contributed by atoms with E-state index in [-0.39, 0.29) is 17.1 Å². The molecular formula is C17H15FN6O3S. The number of hydrogen-bond acceptors (Lipinski definition) is 7. The van der Waals surface area contributed by atoms with Crippen LogP contribution in [0.2, 0.25) is 0 Å². The average molecular weight is 402 g/mol. The number of tetrazole rings is 1. The van der Waals surface area contributed by atoms with E-state index in [1.165, 1.54) is 4.68 Å². The van der Waals surface area contributed by atoms with Crippen LogP contribution < -0.4 is 5.32 Å². The molecule has 0 atom stereocenters. The molecule has 2 aromatic carbocycles. The van der Waals surface area contributed by atoms with Crippen LogP contribution in [0.3, 0.4) is 0 Å². The summed E-state index contributed by atoms with van der Waals surface area (Å²) in [5, 5.41) is 25.1. The Morgan fingerprint density at radius 1 is 1.29 bits per heavy atom. The third-order valence-electron chi connectivity index (χ3n) is 3.86. The number of aryl methyl sites for hydroxylation is 2. The predicted octanol–water partition coefficient (Wildman–Crippen LogP) is 3.06. The van der Waals surface area contributed by atoms with Crippen LogP contribution >= 0.6 is 11.8 Å². The van der Waals surface area contributed by atoms with E-state index in [1.54, 1.807) is 0 Å². The van der Waals surface area contributed by atoms with E-state index in [4.69, 9.17) is 0 Å². The number of rotatable bonds is 6. The summed E-state index contributed by atoms with van der Waals surface area (Å²) in [4.78, 5) is 22.3. The first-order valence-electron chi connectivity index (χ1n) is 8.08. The molecule has 0 radical (unpaired) electrons. The molecule has 0 saturated heterocycles. The maximum atomic E-state index is 13.8. The molecule has 144 valence electrons. The van der Waals surface area contributed by atoms with Gasteiger partial charge < -0.3 is 5.32 Å². The molecule has 0 aliphatic rings. The molecule has 0 fully saturated rings. The highest BCUT2D eigenvalue weighted by Gasteiger charge is 2.17. The number of carbonyl (C=O) groups is 1. The molecular weight excluding hydrogens is 387 g/mol. The standard InChI is InChI=1S/C17H15FN6O3S/c1-10-4-3-5-11(2)16(10)23-17(20-21-22-23)28-9-15(25)19-14-8-12(24(26)27)6-7-13(14)18/h3-8H,9H2,1-2H3,(H,19,25). The lowest BCUT2D eigenvalue weighted by molar-refractivity contribution is -0.384. The van der Waals surface area contributed by atoms with Gasteiger partial charge in [-0.05, 0) is 41.5 Å². The van der Waals surface area contributed by atoms with Crippen LogP contribution in [0.4, 0.5) is 15.8 Å². The highest BCUT2D eigenvalue weighted by molar-refractivity contribution is 7.99. The van der Waals surface area contributed by atoms with Crippen molar-refractivity contribution in [2.75, 3.05) is 11.1 Å². The first kappa shape index (κ1) is 19.4. The first-order valence-corrected chi connectivity index (χ1v) is 9.07. The van der Waals surface area contributed by atoms with Crippen LogP contribution in [-0.4, -0.2) is 36.8 Å². The summed E-state index contributed by atoms with van der Waals surface area (Å²) in [5.41, 5.74) is 2.19. The van der Waals surface area contributed by atoms with Gasteiger partial charge in [0.1, 0.15) is 5.82 Å². The van der Waals surface area contributed by atoms with Gasteiger partial charge in [-0.25, -0.2) is 4.39 Å². The van der Waals surface area contributed by atoms with Gasteiger partial charge in [-0.1, -0.05) is 30.0 Å². The number of nitro groups is 1. The van der Waals surface area contributed by atoms with Gasteiger partial charge in [-0.3, -0.25) is 14.9 Å². The zero-order valence-corrected chi connectivity index (χ0v) is 15.7. The molecule has 1 aromatic heterocycles. The number of carbonyl (C=O) groups excluding carboxylic acids is 1. The zero-order chi connectivity index (χ0) is 20.3.